The van der Waals surface area contributed by atoms with E-state index in [9.17, 15) is 4.79 Å². The number of hydrogen-bond donors (Lipinski definition) is 1. The standard InChI is InChI=1S/C16H17N5O/c1-11-12(15(22)8-9-20(2)3)10-17-21(11)16-18-13-6-4-5-7-14(13)19-16/h4-10H,1-3H3,(H,18,19)/b9-8+. The monoisotopic (exact) mass is 295 g/mol. The first-order valence-electron chi connectivity index (χ1n) is 6.95. The molecular formula is C16H17N5O. The number of nitrogens with zero attached hydrogens (tertiary/aromatic N) is 4. The number of hydrogen-bond acceptors (Lipinski definition) is 4. The molecule has 0 fully saturated rings. The second-order valence-corrected chi connectivity index (χ2v) is 5.28. The van der Waals surface area contributed by atoms with Gasteiger partial charge in [-0.15, -0.1) is 0 Å². The van der Waals surface area contributed by atoms with Gasteiger partial charge in [-0.25, -0.2) is 9.67 Å². The summed E-state index contributed by atoms with van der Waals surface area (Å²) >= 11 is 0. The van der Waals surface area contributed by atoms with Gasteiger partial charge in [0, 0.05) is 26.4 Å². The molecular weight excluding hydrogens is 278 g/mol. The molecule has 0 aliphatic carbocycles. The Morgan fingerprint density at radius 3 is 2.82 bits per heavy atom. The fourth-order valence-electron chi connectivity index (χ4n) is 2.21. The summed E-state index contributed by atoms with van der Waals surface area (Å²) in [6.45, 7) is 1.86. The zero-order valence-electron chi connectivity index (χ0n) is 12.7. The maximum absolute atomic E-state index is 12.2. The zero-order chi connectivity index (χ0) is 15.7. The maximum atomic E-state index is 12.2. The third kappa shape index (κ3) is 2.50. The SMILES string of the molecule is Cc1c(C(=O)/C=C/N(C)C)cnn1-c1nc2ccccc2[nH]1. The molecule has 3 rings (SSSR count). The number of carbonyl (C=O) groups is 1. The van der Waals surface area contributed by atoms with Gasteiger partial charge in [-0.1, -0.05) is 12.1 Å². The highest BCUT2D eigenvalue weighted by atomic mass is 16.1. The number of nitrogens with one attached hydrogen (secondary N) is 1. The number of benzene rings is 1. The molecule has 3 aromatic rings. The van der Waals surface area contributed by atoms with Crippen molar-refractivity contribution in [1.29, 1.82) is 0 Å². The van der Waals surface area contributed by atoms with E-state index in [2.05, 4.69) is 15.1 Å². The number of H-pyrrole nitrogens is 1. The molecule has 0 radical (unpaired) electrons. The first-order chi connectivity index (χ1) is 10.6. The van der Waals surface area contributed by atoms with Gasteiger partial charge in [-0.3, -0.25) is 4.79 Å². The van der Waals surface area contributed by atoms with Crippen LogP contribution in [0.4, 0.5) is 0 Å². The first-order valence-corrected chi connectivity index (χ1v) is 6.95. The largest absolute Gasteiger partial charge is 0.383 e. The molecule has 0 spiro atoms. The average molecular weight is 295 g/mol. The highest BCUT2D eigenvalue weighted by Gasteiger charge is 2.15. The summed E-state index contributed by atoms with van der Waals surface area (Å²) in [6, 6.07) is 7.77. The number of aromatic amines is 1. The second-order valence-electron chi connectivity index (χ2n) is 5.28. The van der Waals surface area contributed by atoms with Gasteiger partial charge in [-0.2, -0.15) is 5.10 Å². The number of rotatable bonds is 4. The van der Waals surface area contributed by atoms with E-state index in [1.807, 2.05) is 50.2 Å². The lowest BCUT2D eigenvalue weighted by Gasteiger charge is -2.03. The van der Waals surface area contributed by atoms with Crippen molar-refractivity contribution < 1.29 is 4.79 Å². The van der Waals surface area contributed by atoms with Gasteiger partial charge in [0.15, 0.2) is 5.78 Å². The summed E-state index contributed by atoms with van der Waals surface area (Å²) in [5.74, 6) is 0.530. The Balaban J connectivity index is 1.98. The van der Waals surface area contributed by atoms with E-state index in [-0.39, 0.29) is 5.78 Å². The molecule has 0 bridgehead atoms. The van der Waals surface area contributed by atoms with E-state index in [1.54, 1.807) is 17.1 Å². The minimum Gasteiger partial charge on any atom is -0.383 e. The van der Waals surface area contributed by atoms with E-state index >= 15 is 0 Å². The Labute approximate surface area is 128 Å². The summed E-state index contributed by atoms with van der Waals surface area (Å²) in [5, 5.41) is 4.28. The molecule has 0 aliphatic heterocycles. The van der Waals surface area contributed by atoms with Crippen molar-refractivity contribution in [3.8, 4) is 5.95 Å². The van der Waals surface area contributed by atoms with Crippen molar-refractivity contribution in [2.45, 2.75) is 6.92 Å². The van der Waals surface area contributed by atoms with Crippen LogP contribution >= 0.6 is 0 Å². The minimum absolute atomic E-state index is 0.0754. The van der Waals surface area contributed by atoms with Crippen molar-refractivity contribution in [3.63, 3.8) is 0 Å². The summed E-state index contributed by atoms with van der Waals surface area (Å²) in [5.41, 5.74) is 3.13. The van der Waals surface area contributed by atoms with Crippen LogP contribution in [0.15, 0.2) is 42.7 Å². The smallest absolute Gasteiger partial charge is 0.229 e. The van der Waals surface area contributed by atoms with Crippen LogP contribution in [0, 0.1) is 6.92 Å². The van der Waals surface area contributed by atoms with E-state index in [0.717, 1.165) is 16.7 Å². The third-order valence-corrected chi connectivity index (χ3v) is 3.38. The molecule has 2 aromatic heterocycles. The van der Waals surface area contributed by atoms with E-state index < -0.39 is 0 Å². The van der Waals surface area contributed by atoms with Crippen molar-refractivity contribution >= 4 is 16.8 Å². The van der Waals surface area contributed by atoms with Gasteiger partial charge in [-0.05, 0) is 19.1 Å². The Bertz CT molecular complexity index is 823. The van der Waals surface area contributed by atoms with Gasteiger partial charge in [0.25, 0.3) is 0 Å². The van der Waals surface area contributed by atoms with Crippen molar-refractivity contribution in [2.24, 2.45) is 0 Å². The average Bonchev–Trinajstić information content (AvgIpc) is 3.07. The summed E-state index contributed by atoms with van der Waals surface area (Å²) in [4.78, 5) is 21.7. The Kier molecular flexibility index (Phi) is 3.50. The van der Waals surface area contributed by atoms with Gasteiger partial charge in [0.2, 0.25) is 5.95 Å². The number of imidazole rings is 1. The van der Waals surface area contributed by atoms with Crippen LogP contribution in [0.2, 0.25) is 0 Å². The maximum Gasteiger partial charge on any atom is 0.229 e. The van der Waals surface area contributed by atoms with E-state index in [0.29, 0.717) is 11.5 Å². The molecule has 1 aromatic carbocycles. The van der Waals surface area contributed by atoms with Crippen LogP contribution in [0.25, 0.3) is 17.0 Å². The van der Waals surface area contributed by atoms with E-state index in [1.165, 1.54) is 6.08 Å². The molecule has 0 atom stereocenters. The zero-order valence-corrected chi connectivity index (χ0v) is 12.7. The van der Waals surface area contributed by atoms with Crippen LogP contribution in [-0.4, -0.2) is 44.5 Å². The number of fused-ring (bicyclic) bond motifs is 1. The lowest BCUT2D eigenvalue weighted by Crippen LogP contribution is -2.05. The van der Waals surface area contributed by atoms with Gasteiger partial charge < -0.3 is 9.88 Å². The van der Waals surface area contributed by atoms with Crippen LogP contribution in [-0.2, 0) is 0 Å². The number of ketones is 1. The predicted octanol–water partition coefficient (Wildman–Crippen LogP) is 2.32. The first kappa shape index (κ1) is 14.1. The highest BCUT2D eigenvalue weighted by Crippen LogP contribution is 2.16. The molecule has 112 valence electrons. The quantitative estimate of drug-likeness (QED) is 0.592. The van der Waals surface area contributed by atoms with Crippen LogP contribution < -0.4 is 0 Å². The van der Waals surface area contributed by atoms with E-state index in [4.69, 9.17) is 0 Å². The lowest BCUT2D eigenvalue weighted by molar-refractivity contribution is 0.104. The van der Waals surface area contributed by atoms with Crippen molar-refractivity contribution in [1.82, 2.24) is 24.6 Å². The molecule has 0 saturated carbocycles. The van der Waals surface area contributed by atoms with Crippen LogP contribution in [0.1, 0.15) is 16.1 Å². The van der Waals surface area contributed by atoms with Crippen molar-refractivity contribution in [2.75, 3.05) is 14.1 Å². The normalized spacial score (nSPS) is 11.4. The lowest BCUT2D eigenvalue weighted by atomic mass is 10.2. The predicted molar refractivity (Wildman–Crippen MR) is 85.1 cm³/mol. The van der Waals surface area contributed by atoms with Crippen LogP contribution in [0.3, 0.4) is 0 Å². The molecule has 0 unspecified atom stereocenters. The van der Waals surface area contributed by atoms with Gasteiger partial charge in [0.1, 0.15) is 0 Å². The molecule has 6 nitrogen and oxygen atoms in total. The molecule has 6 heteroatoms. The molecule has 0 amide bonds. The molecule has 0 aliphatic rings. The Hall–Kier alpha value is -2.89. The van der Waals surface area contributed by atoms with Crippen molar-refractivity contribution in [3.05, 3.63) is 54.0 Å². The fourth-order valence-corrected chi connectivity index (χ4v) is 2.21. The topological polar surface area (TPSA) is 66.8 Å². The summed E-state index contributed by atoms with van der Waals surface area (Å²) in [6.07, 6.45) is 4.83. The fraction of sp³-hybridized carbons (Fsp3) is 0.188. The van der Waals surface area contributed by atoms with Gasteiger partial charge in [0.05, 0.1) is 28.5 Å². The number of carbonyl (C=O) groups excluding carboxylic acids is 1. The minimum atomic E-state index is -0.0754. The van der Waals surface area contributed by atoms with Crippen LogP contribution in [0.5, 0.6) is 0 Å². The molecule has 1 N–H and O–H groups in total. The number of para-hydroxylation sites is 2. The summed E-state index contributed by atoms with van der Waals surface area (Å²) < 4.78 is 1.65. The molecule has 0 saturated heterocycles. The Morgan fingerprint density at radius 1 is 1.32 bits per heavy atom. The number of allylic oxidation sites excluding steroid dienone is 1. The Morgan fingerprint density at radius 2 is 2.09 bits per heavy atom. The molecule has 22 heavy (non-hydrogen) atoms. The second kappa shape index (κ2) is 5.48. The molecule has 2 heterocycles. The highest BCUT2D eigenvalue weighted by molar-refractivity contribution is 6.05. The summed E-state index contributed by atoms with van der Waals surface area (Å²) in [7, 11) is 3.74. The third-order valence-electron chi connectivity index (χ3n) is 3.38. The number of aromatic nitrogens is 4. The van der Waals surface area contributed by atoms with Gasteiger partial charge >= 0.3 is 0 Å².